The first-order chi connectivity index (χ1) is 18.8. The Morgan fingerprint density at radius 1 is 1.07 bits per heavy atom. The number of halogens is 3. The van der Waals surface area contributed by atoms with Crippen LogP contribution in [0.5, 0.6) is 11.8 Å². The van der Waals surface area contributed by atoms with E-state index in [1.54, 1.807) is 48.9 Å². The van der Waals surface area contributed by atoms with E-state index >= 15 is 8.78 Å². The van der Waals surface area contributed by atoms with Crippen LogP contribution in [0, 0.1) is 12.7 Å². The van der Waals surface area contributed by atoms with Gasteiger partial charge < -0.3 is 14.2 Å². The molecule has 1 saturated heterocycles. The summed E-state index contributed by atoms with van der Waals surface area (Å²) in [6.07, 6.45) is 3.84. The number of piperidine rings is 1. The van der Waals surface area contributed by atoms with Crippen molar-refractivity contribution in [1.29, 1.82) is 0 Å². The van der Waals surface area contributed by atoms with Crippen molar-refractivity contribution in [3.8, 4) is 22.9 Å². The zero-order valence-corrected chi connectivity index (χ0v) is 24.9. The molecular weight excluding hydrogens is 602 g/mol. The molecule has 0 N–H and O–H groups in total. The average Bonchev–Trinajstić information content (AvgIpc) is 3.25. The second-order valence-corrected chi connectivity index (χ2v) is 9.89. The Morgan fingerprint density at radius 3 is 2.48 bits per heavy atom. The van der Waals surface area contributed by atoms with Gasteiger partial charge >= 0.3 is 6.01 Å². The van der Waals surface area contributed by atoms with Gasteiger partial charge in [0.2, 0.25) is 5.91 Å². The molecule has 0 saturated carbocycles. The standard InChI is InChI=1S/C28H23ClF2N6O2.CH4.2H2S/c1-15-35-25-13-34-24-12-22(30)19(18-5-4-17(10-21(18)29)39-28-32-7-3-8-33-28)11-20(24)27(25)37(15)26-6-9-36(16(2)38)14-23(26)31;;;/h3-5,7-8,10-13,23,26H,6,9,14H2,1-2H3;1H4;2*1H2/t23-,26-;;;/m0.../s1. The van der Waals surface area contributed by atoms with Crippen LogP contribution in [0.25, 0.3) is 33.1 Å². The van der Waals surface area contributed by atoms with Gasteiger partial charge in [0, 0.05) is 54.5 Å². The van der Waals surface area contributed by atoms with Crippen LogP contribution in [0.3, 0.4) is 0 Å². The molecule has 42 heavy (non-hydrogen) atoms. The predicted molar refractivity (Wildman–Crippen MR) is 171 cm³/mol. The zero-order valence-electron chi connectivity index (χ0n) is 22.1. The first-order valence-corrected chi connectivity index (χ1v) is 12.8. The number of imidazole rings is 1. The summed E-state index contributed by atoms with van der Waals surface area (Å²) in [7, 11) is 0. The second-order valence-electron chi connectivity index (χ2n) is 9.48. The summed E-state index contributed by atoms with van der Waals surface area (Å²) in [5.41, 5.74) is 2.38. The minimum atomic E-state index is -1.28. The minimum absolute atomic E-state index is 0. The van der Waals surface area contributed by atoms with E-state index in [4.69, 9.17) is 16.3 Å². The van der Waals surface area contributed by atoms with E-state index in [2.05, 4.69) is 19.9 Å². The van der Waals surface area contributed by atoms with Crippen LogP contribution in [-0.2, 0) is 4.79 Å². The largest absolute Gasteiger partial charge is 0.424 e. The number of aromatic nitrogens is 5. The van der Waals surface area contributed by atoms with Crippen molar-refractivity contribution in [3.63, 3.8) is 0 Å². The van der Waals surface area contributed by atoms with Gasteiger partial charge in [-0.2, -0.15) is 27.0 Å². The lowest BCUT2D eigenvalue weighted by Gasteiger charge is -2.35. The van der Waals surface area contributed by atoms with Gasteiger partial charge in [0.25, 0.3) is 0 Å². The number of benzene rings is 2. The molecule has 8 nitrogen and oxygen atoms in total. The van der Waals surface area contributed by atoms with Crippen LogP contribution in [-0.4, -0.2) is 54.6 Å². The number of fused-ring (bicyclic) bond motifs is 3. The molecule has 0 unspecified atom stereocenters. The topological polar surface area (TPSA) is 86.0 Å². The number of hydrogen-bond donors (Lipinski definition) is 0. The van der Waals surface area contributed by atoms with E-state index < -0.39 is 18.0 Å². The number of hydrogen-bond acceptors (Lipinski definition) is 6. The van der Waals surface area contributed by atoms with Gasteiger partial charge in [-0.15, -0.1) is 0 Å². The second kappa shape index (κ2) is 13.2. The van der Waals surface area contributed by atoms with E-state index in [-0.39, 0.29) is 63.5 Å². The fourth-order valence-electron chi connectivity index (χ4n) is 5.22. The highest BCUT2D eigenvalue weighted by atomic mass is 35.5. The average molecular weight is 633 g/mol. The van der Waals surface area contributed by atoms with E-state index in [0.29, 0.717) is 52.0 Å². The summed E-state index contributed by atoms with van der Waals surface area (Å²) in [5, 5.41) is 0.895. The quantitative estimate of drug-likeness (QED) is 0.214. The van der Waals surface area contributed by atoms with Gasteiger partial charge in [0.1, 0.15) is 29.1 Å². The molecule has 2 aromatic carbocycles. The van der Waals surface area contributed by atoms with Gasteiger partial charge in [-0.1, -0.05) is 19.0 Å². The molecular formula is C29H31ClF2N6O2S2. The first-order valence-electron chi connectivity index (χ1n) is 12.4. The fourth-order valence-corrected chi connectivity index (χ4v) is 5.49. The third-order valence-corrected chi connectivity index (χ3v) is 7.36. The summed E-state index contributed by atoms with van der Waals surface area (Å²) < 4.78 is 38.3. The van der Waals surface area contributed by atoms with Crippen LogP contribution in [0.15, 0.2) is 55.0 Å². The number of likely N-dealkylation sites (tertiary alicyclic amines) is 1. The Bertz CT molecular complexity index is 1740. The van der Waals surface area contributed by atoms with Crippen LogP contribution in [0.1, 0.15) is 32.6 Å². The lowest BCUT2D eigenvalue weighted by atomic mass is 10.00. The van der Waals surface area contributed by atoms with Crippen LogP contribution >= 0.6 is 38.6 Å². The maximum Gasteiger partial charge on any atom is 0.321 e. The Kier molecular flexibility index (Phi) is 10.4. The predicted octanol–water partition coefficient (Wildman–Crippen LogP) is 6.93. The van der Waals surface area contributed by atoms with E-state index in [1.165, 1.54) is 17.9 Å². The van der Waals surface area contributed by atoms with Gasteiger partial charge in [-0.25, -0.2) is 23.7 Å². The zero-order chi connectivity index (χ0) is 27.3. The molecule has 0 bridgehead atoms. The third kappa shape index (κ3) is 6.02. The molecule has 0 spiro atoms. The van der Waals surface area contributed by atoms with Crippen molar-refractivity contribution >= 4 is 66.4 Å². The lowest BCUT2D eigenvalue weighted by molar-refractivity contribution is -0.131. The van der Waals surface area contributed by atoms with Gasteiger partial charge in [0.15, 0.2) is 0 Å². The first kappa shape index (κ1) is 33.0. The molecule has 0 aliphatic carbocycles. The van der Waals surface area contributed by atoms with Gasteiger partial charge in [-0.05, 0) is 37.6 Å². The number of ether oxygens (including phenoxy) is 1. The summed E-state index contributed by atoms with van der Waals surface area (Å²) >= 11 is 6.58. The third-order valence-electron chi connectivity index (χ3n) is 7.05. The van der Waals surface area contributed by atoms with Crippen LogP contribution in [0.4, 0.5) is 8.78 Å². The number of rotatable bonds is 4. The van der Waals surface area contributed by atoms with Crippen molar-refractivity contribution in [2.75, 3.05) is 13.1 Å². The van der Waals surface area contributed by atoms with Crippen molar-refractivity contribution in [3.05, 3.63) is 71.7 Å². The molecule has 1 fully saturated rings. The molecule has 1 aliphatic heterocycles. The van der Waals surface area contributed by atoms with Crippen molar-refractivity contribution in [1.82, 2.24) is 29.4 Å². The van der Waals surface area contributed by atoms with E-state index in [1.807, 2.05) is 11.5 Å². The number of nitrogens with zero attached hydrogens (tertiary/aromatic N) is 6. The van der Waals surface area contributed by atoms with E-state index in [9.17, 15) is 4.79 Å². The summed E-state index contributed by atoms with van der Waals surface area (Å²) in [6.45, 7) is 3.71. The minimum Gasteiger partial charge on any atom is -0.424 e. The molecule has 6 rings (SSSR count). The Balaban J connectivity index is 0.00000161. The van der Waals surface area contributed by atoms with Gasteiger partial charge in [0.05, 0.1) is 34.8 Å². The highest BCUT2D eigenvalue weighted by Gasteiger charge is 2.34. The fraction of sp³-hybridized carbons (Fsp3) is 0.276. The maximum atomic E-state index is 15.4. The summed E-state index contributed by atoms with van der Waals surface area (Å²) in [4.78, 5) is 30.4. The summed E-state index contributed by atoms with van der Waals surface area (Å²) in [5.74, 6) is 0.372. The molecule has 13 heteroatoms. The van der Waals surface area contributed by atoms with Crippen LogP contribution in [0.2, 0.25) is 5.02 Å². The Hall–Kier alpha value is -3.48. The summed E-state index contributed by atoms with van der Waals surface area (Å²) in [6, 6.07) is 9.23. The van der Waals surface area contributed by atoms with Crippen molar-refractivity contribution < 1.29 is 18.3 Å². The number of carbonyl (C=O) groups is 1. The van der Waals surface area contributed by atoms with Crippen molar-refractivity contribution in [2.45, 2.75) is 39.9 Å². The maximum absolute atomic E-state index is 15.4. The number of aryl methyl sites for hydroxylation is 1. The van der Waals surface area contributed by atoms with Crippen molar-refractivity contribution in [2.24, 2.45) is 0 Å². The highest BCUT2D eigenvalue weighted by molar-refractivity contribution is 7.59. The highest BCUT2D eigenvalue weighted by Crippen LogP contribution is 2.38. The van der Waals surface area contributed by atoms with E-state index in [0.717, 1.165) is 0 Å². The molecule has 0 radical (unpaired) electrons. The normalized spacial score (nSPS) is 16.4. The molecule has 3 aromatic heterocycles. The Labute approximate surface area is 261 Å². The lowest BCUT2D eigenvalue weighted by Crippen LogP contribution is -2.44. The molecule has 5 aromatic rings. The number of carbonyl (C=O) groups excluding carboxylic acids is 1. The number of amides is 1. The molecule has 2 atom stereocenters. The molecule has 4 heterocycles. The number of pyridine rings is 1. The smallest absolute Gasteiger partial charge is 0.321 e. The monoisotopic (exact) mass is 632 g/mol. The van der Waals surface area contributed by atoms with Crippen LogP contribution < -0.4 is 4.74 Å². The molecule has 222 valence electrons. The SMILES string of the molecule is C.CC(=O)N1CC[C@H](n2c(C)nc3cnc4cc(F)c(-c5ccc(Oc6ncccn6)cc5Cl)cc4c32)[C@@H](F)C1.S.S. The molecule has 1 aliphatic rings. The molecule has 1 amide bonds. The van der Waals surface area contributed by atoms with Gasteiger partial charge in [-0.3, -0.25) is 9.78 Å². The number of alkyl halides is 1. The Morgan fingerprint density at radius 2 is 1.81 bits per heavy atom.